The monoisotopic (exact) mass is 164 g/mol. The molecule has 0 aromatic rings. The molecular weight excluding hydrogens is 152 g/mol. The van der Waals surface area contributed by atoms with E-state index in [1.165, 1.54) is 0 Å². The van der Waals surface area contributed by atoms with Gasteiger partial charge in [0.2, 0.25) is 0 Å². The molecule has 0 aliphatic rings. The fraction of sp³-hybridized carbons (Fsp3) is 1.00. The molecule has 0 bridgehead atoms. The van der Waals surface area contributed by atoms with E-state index in [4.69, 9.17) is 5.11 Å². The van der Waals surface area contributed by atoms with Gasteiger partial charge in [-0.25, -0.2) is 0 Å². The second-order valence-electron chi connectivity index (χ2n) is 2.35. The number of aliphatic hydroxyl groups excluding tert-OH is 1. The Bertz CT molecular complexity index is 44.5. The van der Waals surface area contributed by atoms with Crippen LogP contribution in [0.5, 0.6) is 0 Å². The van der Waals surface area contributed by atoms with Crippen molar-refractivity contribution in [3.05, 3.63) is 0 Å². The summed E-state index contributed by atoms with van der Waals surface area (Å²) in [5, 5.41) is 8.06. The summed E-state index contributed by atoms with van der Waals surface area (Å²) < 4.78 is 0. The summed E-state index contributed by atoms with van der Waals surface area (Å²) in [6, 6.07) is 0. The van der Waals surface area contributed by atoms with Gasteiger partial charge in [-0.1, -0.05) is 0 Å². The molecule has 0 radical (unpaired) electrons. The van der Waals surface area contributed by atoms with Gasteiger partial charge in [-0.05, 0) is 0 Å². The predicted octanol–water partition coefficient (Wildman–Crippen LogP) is 1.29. The normalized spacial score (nSPS) is 14.8. The minimum atomic E-state index is -0.551. The first-order valence-electron chi connectivity index (χ1n) is 2.90. The molecule has 1 N–H and O–H groups in total. The van der Waals surface area contributed by atoms with Crippen molar-refractivity contribution in [2.45, 2.75) is 31.7 Å². The van der Waals surface area contributed by atoms with Gasteiger partial charge in [0, 0.05) is 0 Å². The topological polar surface area (TPSA) is 20.2 Å². The Balaban J connectivity index is 2.93. The molecule has 0 fully saturated rings. The van der Waals surface area contributed by atoms with E-state index in [9.17, 15) is 0 Å². The van der Waals surface area contributed by atoms with E-state index < -0.39 is 5.00 Å². The standard InChI is InChI=1S/C6H13O.Cu/c1-6(2)4-3-5-7;/h5-7H,3-4H2,1-2H3;. The van der Waals surface area contributed by atoms with Crippen LogP contribution in [-0.4, -0.2) is 10.1 Å². The Morgan fingerprint density at radius 3 is 2.00 bits per heavy atom. The van der Waals surface area contributed by atoms with Gasteiger partial charge in [-0.3, -0.25) is 0 Å². The summed E-state index contributed by atoms with van der Waals surface area (Å²) in [6.45, 7) is 4.24. The summed E-state index contributed by atoms with van der Waals surface area (Å²) in [7, 11) is 0. The average Bonchev–Trinajstić information content (AvgIpc) is 1.61. The molecule has 0 heterocycles. The van der Waals surface area contributed by atoms with Gasteiger partial charge >= 0.3 is 58.7 Å². The number of hydrogen-bond donors (Lipinski definition) is 1. The van der Waals surface area contributed by atoms with Crippen LogP contribution in [0.15, 0.2) is 0 Å². The van der Waals surface area contributed by atoms with Crippen LogP contribution in [0, 0.1) is 5.92 Å². The van der Waals surface area contributed by atoms with Crippen molar-refractivity contribution in [1.29, 1.82) is 0 Å². The van der Waals surface area contributed by atoms with Crippen LogP contribution in [-0.2, 0) is 16.0 Å². The average molecular weight is 165 g/mol. The van der Waals surface area contributed by atoms with E-state index in [1.54, 1.807) is 0 Å². The first kappa shape index (κ1) is 8.48. The second kappa shape index (κ2) is 4.37. The van der Waals surface area contributed by atoms with Crippen molar-refractivity contribution in [3.63, 3.8) is 0 Å². The SMILES string of the molecule is CC(C)CC[CH](O)[Cu]. The first-order chi connectivity index (χ1) is 3.63. The van der Waals surface area contributed by atoms with Crippen LogP contribution in [0.2, 0.25) is 0 Å². The van der Waals surface area contributed by atoms with E-state index >= 15 is 0 Å². The van der Waals surface area contributed by atoms with E-state index in [0.717, 1.165) is 12.8 Å². The molecule has 0 saturated heterocycles. The van der Waals surface area contributed by atoms with Crippen molar-refractivity contribution >= 4 is 0 Å². The first-order valence-corrected chi connectivity index (χ1v) is 3.45. The molecule has 0 amide bonds. The van der Waals surface area contributed by atoms with Crippen LogP contribution in [0.4, 0.5) is 0 Å². The quantitative estimate of drug-likeness (QED) is 0.624. The van der Waals surface area contributed by atoms with Crippen molar-refractivity contribution in [2.24, 2.45) is 5.92 Å². The van der Waals surface area contributed by atoms with E-state index in [2.05, 4.69) is 29.9 Å². The predicted molar refractivity (Wildman–Crippen MR) is 30.1 cm³/mol. The third-order valence-electron chi connectivity index (χ3n) is 0.960. The van der Waals surface area contributed by atoms with Crippen LogP contribution in [0.1, 0.15) is 26.7 Å². The van der Waals surface area contributed by atoms with Crippen LogP contribution >= 0.6 is 0 Å². The molecule has 1 unspecified atom stereocenters. The van der Waals surface area contributed by atoms with E-state index in [1.807, 2.05) is 0 Å². The molecular formula is C6H13CuO. The van der Waals surface area contributed by atoms with Gasteiger partial charge in [0.05, 0.1) is 0 Å². The van der Waals surface area contributed by atoms with Gasteiger partial charge < -0.3 is 0 Å². The molecule has 0 saturated carbocycles. The molecule has 0 spiro atoms. The molecule has 1 atom stereocenters. The summed E-state index contributed by atoms with van der Waals surface area (Å²) >= 11 is 4.69. The maximum atomic E-state index is 8.61. The Morgan fingerprint density at radius 2 is 1.88 bits per heavy atom. The van der Waals surface area contributed by atoms with Crippen molar-refractivity contribution in [1.82, 2.24) is 0 Å². The van der Waals surface area contributed by atoms with Crippen molar-refractivity contribution in [3.8, 4) is 0 Å². The zero-order valence-corrected chi connectivity index (χ0v) is 6.26. The molecule has 2 heteroatoms. The third kappa shape index (κ3) is 6.48. The summed E-state index contributed by atoms with van der Waals surface area (Å²) in [5.74, 6) is 0.656. The molecule has 0 aromatic heterocycles. The van der Waals surface area contributed by atoms with Gasteiger partial charge in [-0.2, -0.15) is 0 Å². The molecule has 0 aliphatic heterocycles. The minimum absolute atomic E-state index is 0.551. The van der Waals surface area contributed by atoms with Gasteiger partial charge in [0.15, 0.2) is 0 Å². The van der Waals surface area contributed by atoms with Crippen molar-refractivity contribution in [2.75, 3.05) is 0 Å². The van der Waals surface area contributed by atoms with Crippen molar-refractivity contribution < 1.29 is 21.1 Å². The molecule has 1 nitrogen and oxygen atoms in total. The molecule has 0 rings (SSSR count). The van der Waals surface area contributed by atoms with Crippen LogP contribution in [0.3, 0.4) is 0 Å². The Kier molecular flexibility index (Phi) is 4.63. The maximum absolute atomic E-state index is 8.61. The van der Waals surface area contributed by atoms with Gasteiger partial charge in [0.25, 0.3) is 0 Å². The van der Waals surface area contributed by atoms with Crippen LogP contribution in [0.25, 0.3) is 0 Å². The third-order valence-corrected chi connectivity index (χ3v) is 1.23. The molecule has 0 aromatic carbocycles. The van der Waals surface area contributed by atoms with Gasteiger partial charge in [-0.15, -0.1) is 0 Å². The number of rotatable bonds is 3. The van der Waals surface area contributed by atoms with Gasteiger partial charge in [0.1, 0.15) is 0 Å². The summed E-state index contributed by atoms with van der Waals surface area (Å²) in [5.41, 5.74) is 0. The Morgan fingerprint density at radius 1 is 1.38 bits per heavy atom. The molecule has 8 heavy (non-hydrogen) atoms. The zero-order chi connectivity index (χ0) is 6.57. The molecule has 0 aliphatic carbocycles. The zero-order valence-electron chi connectivity index (χ0n) is 5.32. The van der Waals surface area contributed by atoms with Crippen LogP contribution < -0.4 is 0 Å². The summed E-state index contributed by atoms with van der Waals surface area (Å²) in [4.78, 5) is 0. The summed E-state index contributed by atoms with van der Waals surface area (Å²) in [6.07, 6.45) is 1.77. The fourth-order valence-corrected chi connectivity index (χ4v) is 0.615. The van der Waals surface area contributed by atoms with E-state index in [-0.39, 0.29) is 0 Å². The fourth-order valence-electron chi connectivity index (χ4n) is 0.458. The number of hydrogen-bond acceptors (Lipinski definition) is 1. The number of aliphatic hydroxyl groups is 1. The Hall–Kier alpha value is 0.479. The molecule has 54 valence electrons. The second-order valence-corrected chi connectivity index (χ2v) is 2.98. The van der Waals surface area contributed by atoms with E-state index in [0.29, 0.717) is 5.92 Å². The Labute approximate surface area is 59.3 Å².